The van der Waals surface area contributed by atoms with Crippen LogP contribution in [0.2, 0.25) is 5.02 Å². The van der Waals surface area contributed by atoms with Crippen molar-refractivity contribution < 1.29 is 0 Å². The highest BCUT2D eigenvalue weighted by Crippen LogP contribution is 2.17. The van der Waals surface area contributed by atoms with Gasteiger partial charge in [0, 0.05) is 24.2 Å². The quantitative estimate of drug-likeness (QED) is 0.880. The van der Waals surface area contributed by atoms with Crippen molar-refractivity contribution in [1.29, 1.82) is 0 Å². The second-order valence-electron chi connectivity index (χ2n) is 5.14. The molecule has 1 aromatic carbocycles. The second-order valence-corrected chi connectivity index (χ2v) is 5.55. The van der Waals surface area contributed by atoms with Crippen molar-refractivity contribution in [3.63, 3.8) is 0 Å². The maximum Gasteiger partial charge on any atom is 0.0435 e. The summed E-state index contributed by atoms with van der Waals surface area (Å²) < 4.78 is 0. The van der Waals surface area contributed by atoms with Gasteiger partial charge in [0.05, 0.1) is 0 Å². The molecule has 1 N–H and O–H groups in total. The van der Waals surface area contributed by atoms with Crippen LogP contribution in [0.25, 0.3) is 0 Å². The van der Waals surface area contributed by atoms with E-state index < -0.39 is 0 Å². The first-order chi connectivity index (χ1) is 8.70. The summed E-state index contributed by atoms with van der Waals surface area (Å²) in [5.41, 5.74) is 2.48. The third-order valence-corrected chi connectivity index (χ3v) is 4.26. The lowest BCUT2D eigenvalue weighted by Crippen LogP contribution is -2.37. The molecule has 1 saturated heterocycles. The number of halogens is 1. The molecule has 18 heavy (non-hydrogen) atoms. The zero-order valence-electron chi connectivity index (χ0n) is 11.4. The number of likely N-dealkylation sites (tertiary alicyclic amines) is 1. The summed E-state index contributed by atoms with van der Waals surface area (Å²) >= 11 is 6.03. The number of likely N-dealkylation sites (N-methyl/N-ethyl adjacent to an activating group) is 1. The summed E-state index contributed by atoms with van der Waals surface area (Å²) in [4.78, 5) is 2.57. The number of hydrogen-bond donors (Lipinski definition) is 1. The van der Waals surface area contributed by atoms with Crippen LogP contribution in [0, 0.1) is 6.92 Å². The topological polar surface area (TPSA) is 15.3 Å². The first-order valence-electron chi connectivity index (χ1n) is 6.90. The van der Waals surface area contributed by atoms with E-state index >= 15 is 0 Å². The number of nitrogens with one attached hydrogen (secondary N) is 1. The molecule has 0 saturated carbocycles. The zero-order chi connectivity index (χ0) is 13.0. The van der Waals surface area contributed by atoms with Gasteiger partial charge in [-0.2, -0.15) is 0 Å². The molecule has 0 aliphatic carbocycles. The van der Waals surface area contributed by atoms with E-state index in [0.717, 1.165) is 29.7 Å². The molecule has 1 aromatic rings. The molecule has 2 nitrogen and oxygen atoms in total. The van der Waals surface area contributed by atoms with Crippen LogP contribution in [-0.2, 0) is 6.54 Å². The summed E-state index contributed by atoms with van der Waals surface area (Å²) in [7, 11) is 0. The maximum atomic E-state index is 6.03. The van der Waals surface area contributed by atoms with Gasteiger partial charge in [-0.3, -0.25) is 4.90 Å². The van der Waals surface area contributed by atoms with Gasteiger partial charge in [-0.1, -0.05) is 30.7 Å². The average Bonchev–Trinajstić information content (AvgIpc) is 2.81. The summed E-state index contributed by atoms with van der Waals surface area (Å²) in [5.74, 6) is 0. The van der Waals surface area contributed by atoms with Crippen molar-refractivity contribution >= 4 is 11.6 Å². The highest BCUT2D eigenvalue weighted by molar-refractivity contribution is 6.31. The highest BCUT2D eigenvalue weighted by atomic mass is 35.5. The number of benzene rings is 1. The largest absolute Gasteiger partial charge is 0.311 e. The minimum Gasteiger partial charge on any atom is -0.311 e. The Balaban J connectivity index is 1.79. The summed E-state index contributed by atoms with van der Waals surface area (Å²) in [6.07, 6.45) is 2.68. The molecule has 0 aromatic heterocycles. The molecule has 1 fully saturated rings. The number of rotatable bonds is 5. The molecule has 0 amide bonds. The highest BCUT2D eigenvalue weighted by Gasteiger charge is 2.21. The lowest BCUT2D eigenvalue weighted by atomic mass is 10.1. The van der Waals surface area contributed by atoms with E-state index in [9.17, 15) is 0 Å². The predicted octanol–water partition coefficient (Wildman–Crippen LogP) is 3.22. The minimum atomic E-state index is 0.725. The van der Waals surface area contributed by atoms with Gasteiger partial charge in [0.2, 0.25) is 0 Å². The van der Waals surface area contributed by atoms with E-state index in [0.29, 0.717) is 0 Å². The second kappa shape index (κ2) is 6.55. The van der Waals surface area contributed by atoms with Crippen LogP contribution in [0.5, 0.6) is 0 Å². The SMILES string of the molecule is CCN1CCCC1CNCc1ccc(Cl)c(C)c1. The van der Waals surface area contributed by atoms with Crippen LogP contribution in [0.15, 0.2) is 18.2 Å². The first kappa shape index (κ1) is 13.9. The van der Waals surface area contributed by atoms with E-state index in [2.05, 4.69) is 36.2 Å². The van der Waals surface area contributed by atoms with E-state index in [-0.39, 0.29) is 0 Å². The van der Waals surface area contributed by atoms with Crippen molar-refractivity contribution in [2.24, 2.45) is 0 Å². The molecular formula is C15H23ClN2. The van der Waals surface area contributed by atoms with Gasteiger partial charge < -0.3 is 5.32 Å². The fraction of sp³-hybridized carbons (Fsp3) is 0.600. The molecule has 2 rings (SSSR count). The van der Waals surface area contributed by atoms with Crippen molar-refractivity contribution in [2.45, 2.75) is 39.3 Å². The van der Waals surface area contributed by atoms with Gasteiger partial charge in [0.25, 0.3) is 0 Å². The molecule has 1 unspecified atom stereocenters. The van der Waals surface area contributed by atoms with E-state index in [1.54, 1.807) is 0 Å². The van der Waals surface area contributed by atoms with Crippen molar-refractivity contribution in [2.75, 3.05) is 19.6 Å². The summed E-state index contributed by atoms with van der Waals surface area (Å²) in [6.45, 7) is 8.78. The molecular weight excluding hydrogens is 244 g/mol. The van der Waals surface area contributed by atoms with Crippen LogP contribution in [0.3, 0.4) is 0 Å². The van der Waals surface area contributed by atoms with Crippen molar-refractivity contribution in [1.82, 2.24) is 10.2 Å². The number of nitrogens with zero attached hydrogens (tertiary/aromatic N) is 1. The van der Waals surface area contributed by atoms with Gasteiger partial charge in [-0.25, -0.2) is 0 Å². The fourth-order valence-electron chi connectivity index (χ4n) is 2.74. The van der Waals surface area contributed by atoms with Gasteiger partial charge >= 0.3 is 0 Å². The standard InChI is InChI=1S/C15H23ClN2/c1-3-18-8-4-5-14(18)11-17-10-13-6-7-15(16)12(2)9-13/h6-7,9,14,17H,3-5,8,10-11H2,1-2H3. The predicted molar refractivity (Wildman–Crippen MR) is 78.2 cm³/mol. The van der Waals surface area contributed by atoms with Gasteiger partial charge in [-0.05, 0) is 50.0 Å². The Morgan fingerprint density at radius 3 is 3.00 bits per heavy atom. The Kier molecular flexibility index (Phi) is 5.04. The van der Waals surface area contributed by atoms with E-state index in [1.165, 1.54) is 31.5 Å². The van der Waals surface area contributed by atoms with Gasteiger partial charge in [0.15, 0.2) is 0 Å². The minimum absolute atomic E-state index is 0.725. The molecule has 1 aliphatic rings. The Morgan fingerprint density at radius 1 is 1.44 bits per heavy atom. The Labute approximate surface area is 115 Å². The molecule has 3 heteroatoms. The Bertz CT molecular complexity index is 392. The summed E-state index contributed by atoms with van der Waals surface area (Å²) in [5, 5.41) is 4.42. The lowest BCUT2D eigenvalue weighted by Gasteiger charge is -2.23. The Morgan fingerprint density at radius 2 is 2.28 bits per heavy atom. The van der Waals surface area contributed by atoms with Crippen LogP contribution in [0.1, 0.15) is 30.9 Å². The molecule has 0 radical (unpaired) electrons. The summed E-state index contributed by atoms with van der Waals surface area (Å²) in [6, 6.07) is 6.99. The molecule has 1 aliphatic heterocycles. The van der Waals surface area contributed by atoms with E-state index in [4.69, 9.17) is 11.6 Å². The fourth-order valence-corrected chi connectivity index (χ4v) is 2.86. The third kappa shape index (κ3) is 3.47. The first-order valence-corrected chi connectivity index (χ1v) is 7.28. The third-order valence-electron chi connectivity index (χ3n) is 3.84. The van der Waals surface area contributed by atoms with E-state index in [1.807, 2.05) is 6.07 Å². The molecule has 1 atom stereocenters. The van der Waals surface area contributed by atoms with Gasteiger partial charge in [0.1, 0.15) is 0 Å². The maximum absolute atomic E-state index is 6.03. The number of hydrogen-bond acceptors (Lipinski definition) is 2. The lowest BCUT2D eigenvalue weighted by molar-refractivity contribution is 0.260. The van der Waals surface area contributed by atoms with Crippen LogP contribution in [-0.4, -0.2) is 30.6 Å². The molecule has 100 valence electrons. The molecule has 0 spiro atoms. The van der Waals surface area contributed by atoms with Crippen molar-refractivity contribution in [3.05, 3.63) is 34.3 Å². The molecule has 1 heterocycles. The normalized spacial score (nSPS) is 20.5. The molecule has 0 bridgehead atoms. The monoisotopic (exact) mass is 266 g/mol. The zero-order valence-corrected chi connectivity index (χ0v) is 12.1. The smallest absolute Gasteiger partial charge is 0.0435 e. The number of aryl methyl sites for hydroxylation is 1. The average molecular weight is 267 g/mol. The van der Waals surface area contributed by atoms with Crippen molar-refractivity contribution in [3.8, 4) is 0 Å². The van der Waals surface area contributed by atoms with Crippen LogP contribution < -0.4 is 5.32 Å². The Hall–Kier alpha value is -0.570. The van der Waals surface area contributed by atoms with Gasteiger partial charge in [-0.15, -0.1) is 0 Å². The van der Waals surface area contributed by atoms with Crippen LogP contribution in [0.4, 0.5) is 0 Å². The van der Waals surface area contributed by atoms with Crippen LogP contribution >= 0.6 is 11.6 Å².